The maximum absolute atomic E-state index is 12.1. The molecule has 0 bridgehead atoms. The van der Waals surface area contributed by atoms with Gasteiger partial charge < -0.3 is 13.8 Å². The average molecular weight is 327 g/mol. The molecule has 0 saturated heterocycles. The van der Waals surface area contributed by atoms with Crippen molar-refractivity contribution in [3.8, 4) is 5.75 Å². The Labute approximate surface area is 131 Å². The predicted molar refractivity (Wildman–Crippen MR) is 82.0 cm³/mol. The molecule has 0 aliphatic heterocycles. The van der Waals surface area contributed by atoms with Gasteiger partial charge in [-0.15, -0.1) is 0 Å². The van der Waals surface area contributed by atoms with Crippen molar-refractivity contribution in [2.45, 2.75) is 32.4 Å². The normalized spacial score (nSPS) is 14.6. The van der Waals surface area contributed by atoms with Crippen LogP contribution in [0.15, 0.2) is 24.3 Å². The topological polar surface area (TPSA) is 72.9 Å². The second-order valence-electron chi connectivity index (χ2n) is 5.22. The van der Waals surface area contributed by atoms with Gasteiger partial charge in [0.25, 0.3) is 0 Å². The number of carbonyl (C=O) groups excluding carboxylic acids is 1. The molecule has 1 amide bonds. The van der Waals surface area contributed by atoms with Gasteiger partial charge in [0.05, 0.1) is 5.75 Å². The van der Waals surface area contributed by atoms with E-state index in [0.717, 1.165) is 12.8 Å². The van der Waals surface area contributed by atoms with Crippen molar-refractivity contribution in [2.75, 3.05) is 19.5 Å². The van der Waals surface area contributed by atoms with E-state index < -0.39 is 10.1 Å². The summed E-state index contributed by atoms with van der Waals surface area (Å²) in [7, 11) is -2.11. The highest BCUT2D eigenvalue weighted by atomic mass is 32.2. The first-order valence-electron chi connectivity index (χ1n) is 7.25. The van der Waals surface area contributed by atoms with Gasteiger partial charge in [-0.1, -0.05) is 18.2 Å². The lowest BCUT2D eigenvalue weighted by Gasteiger charge is -2.23. The Kier molecular flexibility index (Phi) is 5.42. The van der Waals surface area contributed by atoms with E-state index in [4.69, 9.17) is 8.92 Å². The third-order valence-corrected chi connectivity index (χ3v) is 4.60. The fourth-order valence-electron chi connectivity index (χ4n) is 2.11. The number of hydrogen-bond donors (Lipinski definition) is 0. The van der Waals surface area contributed by atoms with Crippen molar-refractivity contribution in [1.82, 2.24) is 4.90 Å². The Morgan fingerprint density at radius 3 is 2.59 bits per heavy atom. The number of rotatable bonds is 8. The van der Waals surface area contributed by atoms with Crippen molar-refractivity contribution < 1.29 is 22.1 Å². The molecule has 1 aromatic rings. The van der Waals surface area contributed by atoms with Crippen LogP contribution in [0.2, 0.25) is 0 Å². The molecule has 0 N–H and O–H groups in total. The number of para-hydroxylation sites is 1. The summed E-state index contributed by atoms with van der Waals surface area (Å²) in [5, 5.41) is 0. The molecule has 6 nitrogen and oxygen atoms in total. The molecule has 1 aromatic carbocycles. The molecule has 0 radical (unpaired) electrons. The van der Waals surface area contributed by atoms with Gasteiger partial charge in [0.2, 0.25) is 5.91 Å². The van der Waals surface area contributed by atoms with Gasteiger partial charge in [0.1, 0.15) is 12.4 Å². The Bertz CT molecular complexity index is 625. The number of methoxy groups -OCH3 is 1. The number of amides is 1. The molecule has 0 aromatic heterocycles. The molecule has 0 spiro atoms. The van der Waals surface area contributed by atoms with Crippen LogP contribution in [0, 0.1) is 0 Å². The maximum Gasteiger partial charge on any atom is 0.308 e. The van der Waals surface area contributed by atoms with Crippen LogP contribution in [-0.4, -0.2) is 44.7 Å². The summed E-state index contributed by atoms with van der Waals surface area (Å²) in [4.78, 5) is 13.9. The van der Waals surface area contributed by atoms with E-state index in [1.165, 1.54) is 14.0 Å². The summed E-state index contributed by atoms with van der Waals surface area (Å²) in [6.07, 6.45) is 1.93. The van der Waals surface area contributed by atoms with Crippen LogP contribution in [0.5, 0.6) is 5.75 Å². The number of nitrogens with zero attached hydrogens (tertiary/aromatic N) is 1. The van der Waals surface area contributed by atoms with Gasteiger partial charge in [-0.05, 0) is 25.8 Å². The minimum Gasteiger partial charge on any atom is -0.382 e. The minimum absolute atomic E-state index is 0.0206. The van der Waals surface area contributed by atoms with Crippen molar-refractivity contribution in [3.05, 3.63) is 29.8 Å². The van der Waals surface area contributed by atoms with Crippen LogP contribution in [0.1, 0.15) is 25.3 Å². The highest BCUT2D eigenvalue weighted by molar-refractivity contribution is 7.87. The van der Waals surface area contributed by atoms with Crippen LogP contribution in [0.3, 0.4) is 0 Å². The van der Waals surface area contributed by atoms with Gasteiger partial charge in [-0.25, -0.2) is 0 Å². The zero-order valence-corrected chi connectivity index (χ0v) is 13.6. The zero-order chi connectivity index (χ0) is 16.2. The largest absolute Gasteiger partial charge is 0.382 e. The van der Waals surface area contributed by atoms with E-state index in [2.05, 4.69) is 0 Å². The molecule has 2 rings (SSSR count). The molecule has 22 heavy (non-hydrogen) atoms. The van der Waals surface area contributed by atoms with Gasteiger partial charge >= 0.3 is 10.1 Å². The van der Waals surface area contributed by atoms with Crippen LogP contribution in [0.25, 0.3) is 0 Å². The maximum atomic E-state index is 12.1. The molecule has 1 aliphatic rings. The van der Waals surface area contributed by atoms with E-state index >= 15 is 0 Å². The minimum atomic E-state index is -3.59. The van der Waals surface area contributed by atoms with Crippen LogP contribution in [0.4, 0.5) is 0 Å². The number of hydrogen-bond acceptors (Lipinski definition) is 5. The first-order chi connectivity index (χ1) is 10.5. The standard InChI is InChI=1S/C15H21NO5S/c1-3-22(18,19)21-14-7-5-4-6-12(14)10-16(13-8-9-13)15(17)11-20-2/h4-7,13H,3,8-11H2,1-2H3. The summed E-state index contributed by atoms with van der Waals surface area (Å²) >= 11 is 0. The van der Waals surface area contributed by atoms with E-state index in [9.17, 15) is 13.2 Å². The van der Waals surface area contributed by atoms with E-state index in [1.54, 1.807) is 29.2 Å². The van der Waals surface area contributed by atoms with Crippen LogP contribution in [-0.2, 0) is 26.2 Å². The van der Waals surface area contributed by atoms with Gasteiger partial charge in [0.15, 0.2) is 0 Å². The summed E-state index contributed by atoms with van der Waals surface area (Å²) in [6, 6.07) is 7.10. The third-order valence-electron chi connectivity index (χ3n) is 3.46. The molecule has 1 aliphatic carbocycles. The number of ether oxygens (including phenoxy) is 1. The monoisotopic (exact) mass is 327 g/mol. The lowest BCUT2D eigenvalue weighted by atomic mass is 10.2. The lowest BCUT2D eigenvalue weighted by Crippen LogP contribution is -2.35. The molecule has 1 fully saturated rings. The summed E-state index contributed by atoms with van der Waals surface area (Å²) in [5.74, 6) is 0.0781. The molecular weight excluding hydrogens is 306 g/mol. The second-order valence-corrected chi connectivity index (χ2v) is 7.08. The van der Waals surface area contributed by atoms with Gasteiger partial charge in [-0.2, -0.15) is 8.42 Å². The lowest BCUT2D eigenvalue weighted by molar-refractivity contribution is -0.136. The summed E-state index contributed by atoms with van der Waals surface area (Å²) in [5.41, 5.74) is 0.677. The van der Waals surface area contributed by atoms with E-state index in [1.807, 2.05) is 0 Å². The van der Waals surface area contributed by atoms with Crippen molar-refractivity contribution in [2.24, 2.45) is 0 Å². The predicted octanol–water partition coefficient (Wildman–Crippen LogP) is 1.55. The second kappa shape index (κ2) is 7.11. The molecule has 122 valence electrons. The van der Waals surface area contributed by atoms with Gasteiger partial charge in [-0.3, -0.25) is 4.79 Å². The first kappa shape index (κ1) is 16.8. The van der Waals surface area contributed by atoms with E-state index in [-0.39, 0.29) is 30.1 Å². The van der Waals surface area contributed by atoms with Crippen molar-refractivity contribution in [3.63, 3.8) is 0 Å². The number of benzene rings is 1. The molecule has 0 heterocycles. The fourth-order valence-corrected chi connectivity index (χ4v) is 2.66. The third kappa shape index (κ3) is 4.45. The highest BCUT2D eigenvalue weighted by Crippen LogP contribution is 2.30. The van der Waals surface area contributed by atoms with E-state index in [0.29, 0.717) is 12.1 Å². The quantitative estimate of drug-likeness (QED) is 0.677. The van der Waals surface area contributed by atoms with Crippen LogP contribution >= 0.6 is 0 Å². The molecule has 0 unspecified atom stereocenters. The molecular formula is C15H21NO5S. The molecule has 1 saturated carbocycles. The smallest absolute Gasteiger partial charge is 0.308 e. The Morgan fingerprint density at radius 1 is 1.32 bits per heavy atom. The SMILES string of the molecule is CCS(=O)(=O)Oc1ccccc1CN(C(=O)COC)C1CC1. The van der Waals surface area contributed by atoms with Crippen LogP contribution < -0.4 is 4.18 Å². The van der Waals surface area contributed by atoms with Crippen molar-refractivity contribution in [1.29, 1.82) is 0 Å². The highest BCUT2D eigenvalue weighted by Gasteiger charge is 2.33. The molecule has 0 atom stereocenters. The first-order valence-corrected chi connectivity index (χ1v) is 8.83. The van der Waals surface area contributed by atoms with Crippen molar-refractivity contribution >= 4 is 16.0 Å². The Balaban J connectivity index is 2.19. The zero-order valence-electron chi connectivity index (χ0n) is 12.8. The summed E-state index contributed by atoms with van der Waals surface area (Å²) in [6.45, 7) is 1.87. The summed E-state index contributed by atoms with van der Waals surface area (Å²) < 4.78 is 33.4. The Morgan fingerprint density at radius 2 is 2.00 bits per heavy atom. The fraction of sp³-hybridized carbons (Fsp3) is 0.533. The molecule has 7 heteroatoms. The average Bonchev–Trinajstić information content (AvgIpc) is 3.31. The Hall–Kier alpha value is -1.60. The number of carbonyl (C=O) groups is 1. The van der Waals surface area contributed by atoms with Gasteiger partial charge in [0, 0.05) is 25.3 Å².